The molecule has 0 saturated heterocycles. The van der Waals surface area contributed by atoms with Crippen LogP contribution >= 0.6 is 11.8 Å². The lowest BCUT2D eigenvalue weighted by Gasteiger charge is -1.96. The predicted molar refractivity (Wildman–Crippen MR) is 44.4 cm³/mol. The number of carbonyl (C=O) groups excluding carboxylic acids is 2. The van der Waals surface area contributed by atoms with Crippen LogP contribution in [0.1, 0.15) is 19.3 Å². The Bertz CT molecular complexity index is 129. The number of hydrogen-bond acceptors (Lipinski definition) is 4. The molecule has 0 spiro atoms. The Labute approximate surface area is 70.5 Å². The summed E-state index contributed by atoms with van der Waals surface area (Å²) in [6.07, 6.45) is 3.12. The third kappa shape index (κ3) is 5.91. The fraction of sp³-hybridized carbons (Fsp3) is 0.714. The molecule has 0 atom stereocenters. The topological polar surface area (TPSA) is 43.4 Å². The number of esters is 1. The molecule has 0 rings (SSSR count). The van der Waals surface area contributed by atoms with E-state index in [1.807, 2.05) is 0 Å². The molecular formula is C7H12O3S. The van der Waals surface area contributed by atoms with Crippen molar-refractivity contribution < 1.29 is 14.3 Å². The molecule has 0 radical (unpaired) electrons. The number of ether oxygens (including phenoxy) is 1. The van der Waals surface area contributed by atoms with Gasteiger partial charge in [-0.25, -0.2) is 0 Å². The molecule has 0 unspecified atom stereocenters. The molecule has 0 saturated carbocycles. The number of carbonyl (C=O) groups is 2. The van der Waals surface area contributed by atoms with Crippen molar-refractivity contribution in [1.82, 2.24) is 0 Å². The second-order valence-corrected chi connectivity index (χ2v) is 2.87. The highest BCUT2D eigenvalue weighted by Crippen LogP contribution is 2.05. The average Bonchev–Trinajstić information content (AvgIpc) is 2.04. The quantitative estimate of drug-likeness (QED) is 0.604. The number of methoxy groups -OCH3 is 1. The fourth-order valence-corrected chi connectivity index (χ4v) is 0.930. The van der Waals surface area contributed by atoms with Gasteiger partial charge in [0.2, 0.25) is 0 Å². The summed E-state index contributed by atoms with van der Waals surface area (Å²) in [5.41, 5.74) is 0. The lowest BCUT2D eigenvalue weighted by Crippen LogP contribution is -2.01. The standard InChI is InChI=1S/C7H12O3S/c1-10-6(8)4-3-5-7(9)11-2/h3-5H2,1-2H3. The first kappa shape index (κ1) is 10.5. The van der Waals surface area contributed by atoms with E-state index < -0.39 is 0 Å². The minimum absolute atomic E-state index is 0.119. The Morgan fingerprint density at radius 2 is 2.00 bits per heavy atom. The molecule has 0 aliphatic heterocycles. The summed E-state index contributed by atoms with van der Waals surface area (Å²) in [7, 11) is 1.35. The van der Waals surface area contributed by atoms with Gasteiger partial charge in [-0.15, -0.1) is 0 Å². The van der Waals surface area contributed by atoms with E-state index in [2.05, 4.69) is 4.74 Å². The summed E-state index contributed by atoms with van der Waals surface area (Å²) in [6.45, 7) is 0. The molecule has 0 aromatic rings. The summed E-state index contributed by atoms with van der Waals surface area (Å²) in [5, 5.41) is 0.119. The third-order valence-electron chi connectivity index (χ3n) is 1.22. The van der Waals surface area contributed by atoms with Crippen molar-refractivity contribution in [3.63, 3.8) is 0 Å². The van der Waals surface area contributed by atoms with Gasteiger partial charge in [0.1, 0.15) is 0 Å². The summed E-state index contributed by atoms with van der Waals surface area (Å²) in [4.78, 5) is 21.2. The van der Waals surface area contributed by atoms with Crippen molar-refractivity contribution in [2.75, 3.05) is 13.4 Å². The molecule has 0 bridgehead atoms. The average molecular weight is 176 g/mol. The van der Waals surface area contributed by atoms with Gasteiger partial charge in [0.15, 0.2) is 5.12 Å². The molecule has 0 aromatic carbocycles. The lowest BCUT2D eigenvalue weighted by atomic mass is 10.2. The minimum Gasteiger partial charge on any atom is -0.469 e. The Hall–Kier alpha value is -0.510. The highest BCUT2D eigenvalue weighted by Gasteiger charge is 2.02. The maximum atomic E-state index is 10.7. The summed E-state index contributed by atoms with van der Waals surface area (Å²) in [6, 6.07) is 0. The smallest absolute Gasteiger partial charge is 0.305 e. The van der Waals surface area contributed by atoms with Crippen LogP contribution in [-0.2, 0) is 14.3 Å². The van der Waals surface area contributed by atoms with Crippen LogP contribution in [0.25, 0.3) is 0 Å². The van der Waals surface area contributed by atoms with E-state index in [0.717, 1.165) is 0 Å². The van der Waals surface area contributed by atoms with E-state index in [9.17, 15) is 9.59 Å². The number of hydrogen-bond donors (Lipinski definition) is 0. The van der Waals surface area contributed by atoms with Crippen LogP contribution in [-0.4, -0.2) is 24.5 Å². The van der Waals surface area contributed by atoms with Gasteiger partial charge in [-0.3, -0.25) is 9.59 Å². The maximum absolute atomic E-state index is 10.7. The second-order valence-electron chi connectivity index (χ2n) is 2.01. The van der Waals surface area contributed by atoms with Crippen LogP contribution in [0, 0.1) is 0 Å². The predicted octanol–water partition coefficient (Wildman–Crippen LogP) is 1.22. The van der Waals surface area contributed by atoms with Crippen LogP contribution < -0.4 is 0 Å². The van der Waals surface area contributed by atoms with Crippen LogP contribution in [0.15, 0.2) is 0 Å². The van der Waals surface area contributed by atoms with E-state index >= 15 is 0 Å². The Kier molecular flexibility index (Phi) is 5.93. The van der Waals surface area contributed by atoms with Gasteiger partial charge in [0.05, 0.1) is 7.11 Å². The van der Waals surface area contributed by atoms with Gasteiger partial charge in [0.25, 0.3) is 0 Å². The molecule has 11 heavy (non-hydrogen) atoms. The van der Waals surface area contributed by atoms with Crippen molar-refractivity contribution in [2.45, 2.75) is 19.3 Å². The first-order chi connectivity index (χ1) is 5.20. The summed E-state index contributed by atoms with van der Waals surface area (Å²) < 4.78 is 4.41. The highest BCUT2D eigenvalue weighted by molar-refractivity contribution is 8.13. The molecule has 4 heteroatoms. The van der Waals surface area contributed by atoms with Crippen molar-refractivity contribution in [2.24, 2.45) is 0 Å². The molecule has 0 aliphatic carbocycles. The molecule has 0 aromatic heterocycles. The van der Waals surface area contributed by atoms with Crippen LogP contribution in [0.5, 0.6) is 0 Å². The zero-order valence-corrected chi connectivity index (χ0v) is 7.57. The Morgan fingerprint density at radius 3 is 2.45 bits per heavy atom. The van der Waals surface area contributed by atoms with E-state index in [-0.39, 0.29) is 11.1 Å². The van der Waals surface area contributed by atoms with Crippen molar-refractivity contribution >= 4 is 22.8 Å². The second kappa shape index (κ2) is 6.22. The van der Waals surface area contributed by atoms with E-state index in [1.165, 1.54) is 18.9 Å². The largest absolute Gasteiger partial charge is 0.469 e. The molecule has 3 nitrogen and oxygen atoms in total. The monoisotopic (exact) mass is 176 g/mol. The van der Waals surface area contributed by atoms with Gasteiger partial charge < -0.3 is 4.74 Å². The molecular weight excluding hydrogens is 164 g/mol. The molecule has 0 aliphatic rings. The van der Waals surface area contributed by atoms with Crippen molar-refractivity contribution in [3.05, 3.63) is 0 Å². The molecule has 0 heterocycles. The maximum Gasteiger partial charge on any atom is 0.305 e. The molecule has 0 N–H and O–H groups in total. The van der Waals surface area contributed by atoms with Crippen LogP contribution in [0.4, 0.5) is 0 Å². The fourth-order valence-electron chi connectivity index (χ4n) is 0.581. The molecule has 64 valence electrons. The Morgan fingerprint density at radius 1 is 1.36 bits per heavy atom. The summed E-state index contributed by atoms with van der Waals surface area (Å²) in [5.74, 6) is -0.251. The number of thioether (sulfide) groups is 1. The van der Waals surface area contributed by atoms with Gasteiger partial charge >= 0.3 is 5.97 Å². The Balaban J connectivity index is 3.27. The minimum atomic E-state index is -0.251. The van der Waals surface area contributed by atoms with Gasteiger partial charge in [-0.05, 0) is 12.7 Å². The first-order valence-electron chi connectivity index (χ1n) is 3.34. The van der Waals surface area contributed by atoms with Crippen LogP contribution in [0.2, 0.25) is 0 Å². The van der Waals surface area contributed by atoms with E-state index in [0.29, 0.717) is 19.3 Å². The highest BCUT2D eigenvalue weighted by atomic mass is 32.2. The summed E-state index contributed by atoms with van der Waals surface area (Å²) >= 11 is 1.19. The molecule has 0 fully saturated rings. The lowest BCUT2D eigenvalue weighted by molar-refractivity contribution is -0.140. The van der Waals surface area contributed by atoms with E-state index in [4.69, 9.17) is 0 Å². The van der Waals surface area contributed by atoms with Gasteiger partial charge in [0, 0.05) is 12.8 Å². The van der Waals surface area contributed by atoms with Crippen molar-refractivity contribution in [1.29, 1.82) is 0 Å². The van der Waals surface area contributed by atoms with Crippen molar-refractivity contribution in [3.8, 4) is 0 Å². The normalized spacial score (nSPS) is 9.27. The SMILES string of the molecule is COC(=O)CCCC(=O)SC. The van der Waals surface area contributed by atoms with Gasteiger partial charge in [-0.2, -0.15) is 0 Å². The van der Waals surface area contributed by atoms with E-state index in [1.54, 1.807) is 6.26 Å². The first-order valence-corrected chi connectivity index (χ1v) is 4.56. The van der Waals surface area contributed by atoms with Crippen LogP contribution in [0.3, 0.4) is 0 Å². The zero-order valence-electron chi connectivity index (χ0n) is 6.75. The molecule has 0 amide bonds. The number of rotatable bonds is 4. The third-order valence-corrected chi connectivity index (χ3v) is 1.88. The zero-order chi connectivity index (χ0) is 8.69. The van der Waals surface area contributed by atoms with Gasteiger partial charge in [-0.1, -0.05) is 11.8 Å².